The van der Waals surface area contributed by atoms with Crippen LogP contribution >= 0.6 is 0 Å². The summed E-state index contributed by atoms with van der Waals surface area (Å²) in [5, 5.41) is 5.68. The molecule has 2 aromatic carbocycles. The Kier molecular flexibility index (Phi) is 6.90. The zero-order valence-corrected chi connectivity index (χ0v) is 18.3. The fourth-order valence-corrected chi connectivity index (χ4v) is 4.45. The molecule has 0 unspecified atom stereocenters. The number of rotatable bonds is 5. The SMILES string of the molecule is COc1ccc(NC(=O)N2CCC[C@@H](N3CCCC3)C2)cc1NC(=O)c1cccc(F)c1. The van der Waals surface area contributed by atoms with Crippen LogP contribution in [0.2, 0.25) is 0 Å². The number of likely N-dealkylation sites (tertiary alicyclic amines) is 2. The van der Waals surface area contributed by atoms with Crippen molar-refractivity contribution in [3.63, 3.8) is 0 Å². The predicted octanol–water partition coefficient (Wildman–Crippen LogP) is 4.18. The molecule has 170 valence electrons. The highest BCUT2D eigenvalue weighted by Crippen LogP contribution is 2.29. The molecule has 32 heavy (non-hydrogen) atoms. The van der Waals surface area contributed by atoms with Crippen LogP contribution in [0.1, 0.15) is 36.0 Å². The molecule has 0 aromatic heterocycles. The van der Waals surface area contributed by atoms with Crippen LogP contribution in [-0.4, -0.2) is 61.1 Å². The Hall–Kier alpha value is -3.13. The number of carbonyl (C=O) groups excluding carboxylic acids is 2. The molecule has 0 bridgehead atoms. The van der Waals surface area contributed by atoms with E-state index in [0.717, 1.165) is 39.0 Å². The van der Waals surface area contributed by atoms with Crippen molar-refractivity contribution >= 4 is 23.3 Å². The van der Waals surface area contributed by atoms with Gasteiger partial charge < -0.3 is 20.3 Å². The molecule has 0 radical (unpaired) electrons. The Morgan fingerprint density at radius 1 is 1.03 bits per heavy atom. The lowest BCUT2D eigenvalue weighted by Crippen LogP contribution is -2.50. The summed E-state index contributed by atoms with van der Waals surface area (Å²) in [6.45, 7) is 3.70. The second-order valence-corrected chi connectivity index (χ2v) is 8.29. The maximum Gasteiger partial charge on any atom is 0.321 e. The number of carbonyl (C=O) groups is 2. The molecule has 2 heterocycles. The van der Waals surface area contributed by atoms with Crippen LogP contribution in [-0.2, 0) is 0 Å². The molecule has 1 atom stereocenters. The van der Waals surface area contributed by atoms with E-state index < -0.39 is 11.7 Å². The summed E-state index contributed by atoms with van der Waals surface area (Å²) in [4.78, 5) is 29.8. The Morgan fingerprint density at radius 2 is 1.84 bits per heavy atom. The van der Waals surface area contributed by atoms with Crippen LogP contribution in [0.15, 0.2) is 42.5 Å². The van der Waals surface area contributed by atoms with Crippen LogP contribution < -0.4 is 15.4 Å². The number of nitrogens with one attached hydrogen (secondary N) is 2. The highest BCUT2D eigenvalue weighted by Gasteiger charge is 2.29. The van der Waals surface area contributed by atoms with Crippen molar-refractivity contribution in [2.75, 3.05) is 43.9 Å². The van der Waals surface area contributed by atoms with Gasteiger partial charge in [0.1, 0.15) is 11.6 Å². The molecule has 3 amide bonds. The van der Waals surface area contributed by atoms with Gasteiger partial charge in [0, 0.05) is 30.4 Å². The van der Waals surface area contributed by atoms with Gasteiger partial charge in [-0.3, -0.25) is 9.69 Å². The van der Waals surface area contributed by atoms with Gasteiger partial charge in [-0.05, 0) is 75.2 Å². The first-order valence-corrected chi connectivity index (χ1v) is 11.1. The largest absolute Gasteiger partial charge is 0.495 e. The molecule has 4 rings (SSSR count). The van der Waals surface area contributed by atoms with Crippen LogP contribution in [0.4, 0.5) is 20.6 Å². The van der Waals surface area contributed by atoms with Gasteiger partial charge in [-0.15, -0.1) is 0 Å². The zero-order chi connectivity index (χ0) is 22.5. The third-order valence-electron chi connectivity index (χ3n) is 6.13. The van der Waals surface area contributed by atoms with Crippen molar-refractivity contribution in [1.29, 1.82) is 0 Å². The second kappa shape index (κ2) is 9.99. The second-order valence-electron chi connectivity index (χ2n) is 8.29. The Labute approximate surface area is 187 Å². The summed E-state index contributed by atoms with van der Waals surface area (Å²) in [6.07, 6.45) is 4.59. The highest BCUT2D eigenvalue weighted by molar-refractivity contribution is 6.05. The molecule has 2 aromatic rings. The van der Waals surface area contributed by atoms with E-state index >= 15 is 0 Å². The minimum absolute atomic E-state index is 0.151. The number of nitrogens with zero attached hydrogens (tertiary/aromatic N) is 2. The average Bonchev–Trinajstić information content (AvgIpc) is 3.34. The molecule has 0 spiro atoms. The van der Waals surface area contributed by atoms with Gasteiger partial charge in [0.15, 0.2) is 0 Å². The van der Waals surface area contributed by atoms with Gasteiger partial charge in [0.2, 0.25) is 0 Å². The van der Waals surface area contributed by atoms with E-state index in [-0.39, 0.29) is 11.6 Å². The van der Waals surface area contributed by atoms with Crippen molar-refractivity contribution in [3.8, 4) is 5.75 Å². The number of halogens is 1. The molecule has 2 fully saturated rings. The normalized spacial score (nSPS) is 18.9. The topological polar surface area (TPSA) is 73.9 Å². The smallest absolute Gasteiger partial charge is 0.321 e. The van der Waals surface area contributed by atoms with Crippen molar-refractivity contribution in [2.24, 2.45) is 0 Å². The number of ether oxygens (including phenoxy) is 1. The molecular weight excluding hydrogens is 411 g/mol. The number of urea groups is 1. The summed E-state index contributed by atoms with van der Waals surface area (Å²) in [6, 6.07) is 10.8. The summed E-state index contributed by atoms with van der Waals surface area (Å²) < 4.78 is 18.8. The van der Waals surface area contributed by atoms with E-state index in [1.54, 1.807) is 18.2 Å². The first-order chi connectivity index (χ1) is 15.5. The number of hydrogen-bond donors (Lipinski definition) is 2. The predicted molar refractivity (Wildman–Crippen MR) is 122 cm³/mol. The molecule has 0 aliphatic carbocycles. The van der Waals surface area contributed by atoms with Gasteiger partial charge in [-0.1, -0.05) is 6.07 Å². The van der Waals surface area contributed by atoms with Crippen LogP contribution in [0.25, 0.3) is 0 Å². The maximum atomic E-state index is 13.5. The Balaban J connectivity index is 1.43. The van der Waals surface area contributed by atoms with Crippen LogP contribution in [0.3, 0.4) is 0 Å². The summed E-state index contributed by atoms with van der Waals surface area (Å²) in [5.74, 6) is -0.505. The lowest BCUT2D eigenvalue weighted by atomic mass is 10.0. The molecular formula is C24H29FN4O3. The van der Waals surface area contributed by atoms with E-state index in [0.29, 0.717) is 23.2 Å². The molecule has 2 aliphatic rings. The van der Waals surface area contributed by atoms with Crippen LogP contribution in [0, 0.1) is 5.82 Å². The molecule has 2 saturated heterocycles. The third-order valence-corrected chi connectivity index (χ3v) is 6.13. The van der Waals surface area contributed by atoms with Crippen LogP contribution in [0.5, 0.6) is 5.75 Å². The average molecular weight is 441 g/mol. The highest BCUT2D eigenvalue weighted by atomic mass is 19.1. The van der Waals surface area contributed by atoms with Gasteiger partial charge in [-0.2, -0.15) is 0 Å². The van der Waals surface area contributed by atoms with E-state index in [9.17, 15) is 14.0 Å². The van der Waals surface area contributed by atoms with Crippen molar-refractivity contribution < 1.29 is 18.7 Å². The molecule has 2 N–H and O–H groups in total. The number of amides is 3. The van der Waals surface area contributed by atoms with Gasteiger partial charge in [0.25, 0.3) is 5.91 Å². The monoisotopic (exact) mass is 440 g/mol. The van der Waals surface area contributed by atoms with Gasteiger partial charge in [-0.25, -0.2) is 9.18 Å². The first-order valence-electron chi connectivity index (χ1n) is 11.1. The minimum atomic E-state index is -0.487. The molecule has 2 aliphatic heterocycles. The van der Waals surface area contributed by atoms with E-state index in [4.69, 9.17) is 4.74 Å². The first kappa shape index (κ1) is 22.1. The van der Waals surface area contributed by atoms with Crippen molar-refractivity contribution in [3.05, 3.63) is 53.8 Å². The summed E-state index contributed by atoms with van der Waals surface area (Å²) >= 11 is 0. The number of hydrogen-bond acceptors (Lipinski definition) is 4. The summed E-state index contributed by atoms with van der Waals surface area (Å²) in [7, 11) is 1.50. The lowest BCUT2D eigenvalue weighted by Gasteiger charge is -2.37. The van der Waals surface area contributed by atoms with Crippen molar-refractivity contribution in [1.82, 2.24) is 9.80 Å². The lowest BCUT2D eigenvalue weighted by molar-refractivity contribution is 0.102. The van der Waals surface area contributed by atoms with E-state index in [2.05, 4.69) is 15.5 Å². The molecule has 8 heteroatoms. The summed E-state index contributed by atoms with van der Waals surface area (Å²) in [5.41, 5.74) is 1.14. The van der Waals surface area contributed by atoms with E-state index in [1.807, 2.05) is 4.90 Å². The standard InChI is InChI=1S/C24H29FN4O3/c1-32-22-10-9-19(15-21(22)27-23(30)17-6-4-7-18(25)14-17)26-24(31)29-13-5-8-20(16-29)28-11-2-3-12-28/h4,6-7,9-10,14-15,20H,2-3,5,8,11-13,16H2,1H3,(H,26,31)(H,27,30)/t20-/m1/s1. The number of anilines is 2. The minimum Gasteiger partial charge on any atom is -0.495 e. The van der Waals surface area contributed by atoms with Gasteiger partial charge in [0.05, 0.1) is 12.8 Å². The number of benzene rings is 2. The Morgan fingerprint density at radius 3 is 2.59 bits per heavy atom. The zero-order valence-electron chi connectivity index (χ0n) is 18.3. The maximum absolute atomic E-state index is 13.5. The number of methoxy groups -OCH3 is 1. The van der Waals surface area contributed by atoms with Crippen molar-refractivity contribution in [2.45, 2.75) is 31.7 Å². The fraction of sp³-hybridized carbons (Fsp3) is 0.417. The Bertz CT molecular complexity index is 977. The quantitative estimate of drug-likeness (QED) is 0.732. The third kappa shape index (κ3) is 5.19. The fourth-order valence-electron chi connectivity index (χ4n) is 4.45. The molecule has 7 nitrogen and oxygen atoms in total. The molecule has 0 saturated carbocycles. The van der Waals surface area contributed by atoms with Gasteiger partial charge >= 0.3 is 6.03 Å². The van der Waals surface area contributed by atoms with E-state index in [1.165, 1.54) is 44.2 Å². The number of piperidine rings is 1.